The van der Waals surface area contributed by atoms with Crippen LogP contribution in [-0.4, -0.2) is 21.0 Å². The predicted octanol–water partition coefficient (Wildman–Crippen LogP) is 2.66. The van der Waals surface area contributed by atoms with Gasteiger partial charge in [0.25, 0.3) is 5.19 Å². The largest absolute Gasteiger partial charge is 0.411 e. The lowest BCUT2D eigenvalue weighted by Gasteiger charge is -2.16. The van der Waals surface area contributed by atoms with Gasteiger partial charge in [0.2, 0.25) is 0 Å². The van der Waals surface area contributed by atoms with E-state index < -0.39 is 6.09 Å². The van der Waals surface area contributed by atoms with Crippen molar-refractivity contribution in [3.05, 3.63) is 23.8 Å². The van der Waals surface area contributed by atoms with Gasteiger partial charge < -0.3 is 10.5 Å². The smallest absolute Gasteiger partial charge is 0.381 e. The molecule has 2 N–H and O–H groups in total. The van der Waals surface area contributed by atoms with Crippen molar-refractivity contribution in [2.45, 2.75) is 33.1 Å². The van der Waals surface area contributed by atoms with Crippen LogP contribution in [0.25, 0.3) is 10.6 Å². The molecule has 0 atom stereocenters. The van der Waals surface area contributed by atoms with E-state index in [9.17, 15) is 4.79 Å². The van der Waals surface area contributed by atoms with E-state index in [0.717, 1.165) is 22.1 Å². The second-order valence-electron chi connectivity index (χ2n) is 5.33. The number of nitrogens with two attached hydrogens (primary N) is 1. The van der Waals surface area contributed by atoms with Gasteiger partial charge in [0, 0.05) is 11.6 Å². The van der Waals surface area contributed by atoms with E-state index in [1.54, 1.807) is 6.20 Å². The minimum Gasteiger partial charge on any atom is -0.381 e. The molecule has 0 bridgehead atoms. The predicted molar refractivity (Wildman–Crippen MR) is 76.8 cm³/mol. The SMILES string of the molecule is Cc1nc(OC(N)=O)sc1-c1ccnc(C(C)(C)C)n1. The number of carbonyl (C=O) groups excluding carboxylic acids is 1. The molecule has 2 aromatic rings. The van der Waals surface area contributed by atoms with E-state index in [4.69, 9.17) is 10.5 Å². The number of primary amides is 1. The molecule has 6 nitrogen and oxygen atoms in total. The highest BCUT2D eigenvalue weighted by Crippen LogP contribution is 2.33. The number of rotatable bonds is 2. The zero-order valence-corrected chi connectivity index (χ0v) is 12.6. The Hall–Kier alpha value is -2.02. The summed E-state index contributed by atoms with van der Waals surface area (Å²) in [6.45, 7) is 7.98. The fraction of sp³-hybridized carbons (Fsp3) is 0.385. The second kappa shape index (κ2) is 5.16. The lowest BCUT2D eigenvalue weighted by atomic mass is 9.95. The molecule has 106 valence electrons. The van der Waals surface area contributed by atoms with E-state index in [2.05, 4.69) is 15.0 Å². The first-order chi connectivity index (χ1) is 9.27. The summed E-state index contributed by atoms with van der Waals surface area (Å²) < 4.78 is 4.80. The molecule has 0 aliphatic heterocycles. The minimum atomic E-state index is -0.872. The van der Waals surface area contributed by atoms with E-state index in [1.807, 2.05) is 33.8 Å². The number of amides is 1. The van der Waals surface area contributed by atoms with Crippen LogP contribution in [0.3, 0.4) is 0 Å². The highest BCUT2D eigenvalue weighted by atomic mass is 32.1. The van der Waals surface area contributed by atoms with Crippen LogP contribution in [0.2, 0.25) is 0 Å². The highest BCUT2D eigenvalue weighted by Gasteiger charge is 2.19. The van der Waals surface area contributed by atoms with E-state index in [0.29, 0.717) is 0 Å². The van der Waals surface area contributed by atoms with Crippen LogP contribution in [0.5, 0.6) is 5.19 Å². The van der Waals surface area contributed by atoms with E-state index in [-0.39, 0.29) is 10.6 Å². The maximum atomic E-state index is 10.8. The van der Waals surface area contributed by atoms with Crippen molar-refractivity contribution in [3.63, 3.8) is 0 Å². The number of thiazole rings is 1. The Labute approximate surface area is 121 Å². The summed E-state index contributed by atoms with van der Waals surface area (Å²) in [5, 5.41) is 0.223. The standard InChI is InChI=1S/C13H16N4O2S/c1-7-9(20-12(16-7)19-11(14)18)8-5-6-15-10(17-8)13(2,3)4/h5-6H,1-4H3,(H2,14,18). The lowest BCUT2D eigenvalue weighted by molar-refractivity contribution is 0.210. The summed E-state index contributed by atoms with van der Waals surface area (Å²) in [7, 11) is 0. The zero-order chi connectivity index (χ0) is 14.9. The summed E-state index contributed by atoms with van der Waals surface area (Å²) in [6, 6.07) is 1.81. The molecule has 20 heavy (non-hydrogen) atoms. The van der Waals surface area contributed by atoms with Crippen LogP contribution in [0.4, 0.5) is 4.79 Å². The number of ether oxygens (including phenoxy) is 1. The maximum absolute atomic E-state index is 10.8. The number of hydrogen-bond acceptors (Lipinski definition) is 6. The summed E-state index contributed by atoms with van der Waals surface area (Å²) in [4.78, 5) is 24.6. The molecule has 0 saturated heterocycles. The molecule has 0 unspecified atom stereocenters. The summed E-state index contributed by atoms with van der Waals surface area (Å²) in [5.41, 5.74) is 6.35. The van der Waals surface area contributed by atoms with Gasteiger partial charge in [-0.25, -0.2) is 19.7 Å². The van der Waals surface area contributed by atoms with Crippen LogP contribution in [0.1, 0.15) is 32.3 Å². The van der Waals surface area contributed by atoms with Gasteiger partial charge in [0.05, 0.1) is 16.3 Å². The van der Waals surface area contributed by atoms with Crippen LogP contribution < -0.4 is 10.5 Å². The van der Waals surface area contributed by atoms with Gasteiger partial charge in [-0.2, -0.15) is 0 Å². The fourth-order valence-corrected chi connectivity index (χ4v) is 2.48. The first-order valence-electron chi connectivity index (χ1n) is 6.06. The number of nitrogens with zero attached hydrogens (tertiary/aromatic N) is 3. The van der Waals surface area contributed by atoms with E-state index >= 15 is 0 Å². The first kappa shape index (κ1) is 14.4. The van der Waals surface area contributed by atoms with E-state index in [1.165, 1.54) is 11.3 Å². The van der Waals surface area contributed by atoms with Crippen LogP contribution in [-0.2, 0) is 5.41 Å². The van der Waals surface area contributed by atoms with Crippen molar-refractivity contribution in [2.75, 3.05) is 0 Å². The van der Waals surface area contributed by atoms with Crippen LogP contribution in [0, 0.1) is 6.92 Å². The molecule has 0 fully saturated rings. The minimum absolute atomic E-state index is 0.138. The third-order valence-electron chi connectivity index (χ3n) is 2.52. The van der Waals surface area contributed by atoms with Crippen LogP contribution >= 0.6 is 11.3 Å². The Morgan fingerprint density at radius 2 is 2.05 bits per heavy atom. The Morgan fingerprint density at radius 1 is 1.35 bits per heavy atom. The molecule has 0 aliphatic rings. The van der Waals surface area contributed by atoms with Gasteiger partial charge in [0.1, 0.15) is 5.82 Å². The van der Waals surface area contributed by atoms with Crippen molar-refractivity contribution in [1.82, 2.24) is 15.0 Å². The summed E-state index contributed by atoms with van der Waals surface area (Å²) in [6.07, 6.45) is 0.847. The molecular weight excluding hydrogens is 276 g/mol. The normalized spacial score (nSPS) is 11.4. The summed E-state index contributed by atoms with van der Waals surface area (Å²) >= 11 is 1.24. The van der Waals surface area contributed by atoms with Crippen molar-refractivity contribution in [1.29, 1.82) is 0 Å². The molecule has 2 aromatic heterocycles. The van der Waals surface area contributed by atoms with Gasteiger partial charge >= 0.3 is 6.09 Å². The molecule has 0 aliphatic carbocycles. The molecule has 7 heteroatoms. The monoisotopic (exact) mass is 292 g/mol. The van der Waals surface area contributed by atoms with Gasteiger partial charge in [0.15, 0.2) is 0 Å². The Bertz CT molecular complexity index is 646. The second-order valence-corrected chi connectivity index (χ2v) is 6.29. The van der Waals surface area contributed by atoms with Crippen molar-refractivity contribution in [3.8, 4) is 15.8 Å². The third kappa shape index (κ3) is 3.11. The van der Waals surface area contributed by atoms with Crippen molar-refractivity contribution in [2.24, 2.45) is 5.73 Å². The fourth-order valence-electron chi connectivity index (χ4n) is 1.59. The molecule has 0 spiro atoms. The molecular formula is C13H16N4O2S. The van der Waals surface area contributed by atoms with Crippen molar-refractivity contribution >= 4 is 17.4 Å². The molecule has 2 heterocycles. The Morgan fingerprint density at radius 3 is 2.65 bits per heavy atom. The van der Waals surface area contributed by atoms with Gasteiger partial charge in [-0.15, -0.1) is 0 Å². The lowest BCUT2D eigenvalue weighted by Crippen LogP contribution is -2.16. The summed E-state index contributed by atoms with van der Waals surface area (Å²) in [5.74, 6) is 0.750. The van der Waals surface area contributed by atoms with Crippen molar-refractivity contribution < 1.29 is 9.53 Å². The molecule has 2 rings (SSSR count). The zero-order valence-electron chi connectivity index (χ0n) is 11.8. The topological polar surface area (TPSA) is 91.0 Å². The Balaban J connectivity index is 2.41. The number of aromatic nitrogens is 3. The van der Waals surface area contributed by atoms with Gasteiger partial charge in [-0.05, 0) is 13.0 Å². The van der Waals surface area contributed by atoms with Gasteiger partial charge in [-0.3, -0.25) is 0 Å². The number of carbonyl (C=O) groups is 1. The average Bonchev–Trinajstić information content (AvgIpc) is 2.68. The number of hydrogen-bond donors (Lipinski definition) is 1. The first-order valence-corrected chi connectivity index (χ1v) is 6.87. The average molecular weight is 292 g/mol. The quantitative estimate of drug-likeness (QED) is 0.918. The number of aryl methyl sites for hydroxylation is 1. The maximum Gasteiger partial charge on any atom is 0.411 e. The third-order valence-corrected chi connectivity index (χ3v) is 3.58. The Kier molecular flexibility index (Phi) is 3.71. The molecule has 0 aromatic carbocycles. The highest BCUT2D eigenvalue weighted by molar-refractivity contribution is 7.17. The molecule has 1 amide bonds. The molecule has 0 radical (unpaired) electrons. The van der Waals surface area contributed by atoms with Crippen LogP contribution in [0.15, 0.2) is 12.3 Å². The molecule has 0 saturated carbocycles. The van der Waals surface area contributed by atoms with Gasteiger partial charge in [-0.1, -0.05) is 32.1 Å².